The number of nitrogens with zero attached hydrogens (tertiary/aromatic N) is 1. The highest BCUT2D eigenvalue weighted by Crippen LogP contribution is 2.21. The van der Waals surface area contributed by atoms with Crippen molar-refractivity contribution in [3.63, 3.8) is 0 Å². The quantitative estimate of drug-likeness (QED) is 0.778. The third kappa shape index (κ3) is 2.72. The van der Waals surface area contributed by atoms with Crippen LogP contribution in [0.2, 0.25) is 0 Å². The van der Waals surface area contributed by atoms with Crippen LogP contribution in [0.15, 0.2) is 48.0 Å². The van der Waals surface area contributed by atoms with E-state index in [1.807, 2.05) is 42.4 Å². The normalized spacial score (nSPS) is 12.5. The number of rotatable bonds is 4. The molecule has 0 radical (unpaired) electrons. The zero-order valence-electron chi connectivity index (χ0n) is 12.2. The third-order valence-electron chi connectivity index (χ3n) is 3.88. The van der Waals surface area contributed by atoms with Crippen LogP contribution >= 0.6 is 11.3 Å². The lowest BCUT2D eigenvalue weighted by atomic mass is 10.1. The van der Waals surface area contributed by atoms with Gasteiger partial charge in [-0.1, -0.05) is 12.1 Å². The van der Waals surface area contributed by atoms with Crippen LogP contribution in [0.3, 0.4) is 0 Å². The van der Waals surface area contributed by atoms with Crippen molar-refractivity contribution in [1.29, 1.82) is 0 Å². The molecule has 3 aromatic rings. The van der Waals surface area contributed by atoms with Crippen molar-refractivity contribution in [2.75, 3.05) is 7.05 Å². The van der Waals surface area contributed by atoms with Gasteiger partial charge in [0, 0.05) is 47.1 Å². The van der Waals surface area contributed by atoms with Crippen molar-refractivity contribution in [3.8, 4) is 0 Å². The van der Waals surface area contributed by atoms with E-state index in [0.29, 0.717) is 0 Å². The van der Waals surface area contributed by atoms with Crippen molar-refractivity contribution in [3.05, 3.63) is 58.4 Å². The Bertz CT molecular complexity index is 745. The van der Waals surface area contributed by atoms with Crippen molar-refractivity contribution in [2.45, 2.75) is 19.4 Å². The zero-order valence-corrected chi connectivity index (χ0v) is 13.0. The second kappa shape index (κ2) is 5.74. The summed E-state index contributed by atoms with van der Waals surface area (Å²) in [6.07, 6.45) is 2.76. The maximum atomic E-state index is 12.7. The number of amides is 1. The Morgan fingerprint density at radius 3 is 2.90 bits per heavy atom. The molecule has 2 heterocycles. The van der Waals surface area contributed by atoms with Gasteiger partial charge in [0.2, 0.25) is 0 Å². The number of benzene rings is 1. The number of thiophene rings is 1. The molecular weight excluding hydrogens is 280 g/mol. The molecule has 21 heavy (non-hydrogen) atoms. The number of aromatic amines is 1. The third-order valence-corrected chi connectivity index (χ3v) is 4.78. The van der Waals surface area contributed by atoms with Crippen LogP contribution in [-0.2, 0) is 6.42 Å². The number of likely N-dealkylation sites (N-methyl/N-ethyl adjacent to an activating group) is 1. The Morgan fingerprint density at radius 1 is 1.29 bits per heavy atom. The van der Waals surface area contributed by atoms with Crippen molar-refractivity contribution < 1.29 is 4.79 Å². The monoisotopic (exact) mass is 298 g/mol. The molecule has 3 rings (SSSR count). The second-order valence-corrected chi connectivity index (χ2v) is 6.33. The first-order valence-corrected chi connectivity index (χ1v) is 7.90. The van der Waals surface area contributed by atoms with Gasteiger partial charge in [-0.3, -0.25) is 4.79 Å². The lowest BCUT2D eigenvalue weighted by Gasteiger charge is -2.25. The molecule has 0 aliphatic heterocycles. The number of hydrogen-bond donors (Lipinski definition) is 1. The molecule has 0 saturated carbocycles. The fraction of sp³-hybridized carbons (Fsp3) is 0.235. The number of carbonyl (C=O) groups is 1. The summed E-state index contributed by atoms with van der Waals surface area (Å²) >= 11 is 1.74. The molecule has 0 aliphatic carbocycles. The highest BCUT2D eigenvalue weighted by atomic mass is 32.1. The summed E-state index contributed by atoms with van der Waals surface area (Å²) in [6, 6.07) is 12.1. The van der Waals surface area contributed by atoms with E-state index in [1.165, 1.54) is 4.88 Å². The van der Waals surface area contributed by atoms with Gasteiger partial charge in [-0.05, 0) is 36.6 Å². The average Bonchev–Trinajstić information content (AvgIpc) is 3.15. The Labute approximate surface area is 128 Å². The molecule has 1 N–H and O–H groups in total. The molecule has 1 atom stereocenters. The first-order chi connectivity index (χ1) is 10.2. The van der Waals surface area contributed by atoms with Crippen LogP contribution < -0.4 is 0 Å². The van der Waals surface area contributed by atoms with Crippen LogP contribution in [-0.4, -0.2) is 28.9 Å². The lowest BCUT2D eigenvalue weighted by molar-refractivity contribution is 0.0746. The highest BCUT2D eigenvalue weighted by molar-refractivity contribution is 7.09. The van der Waals surface area contributed by atoms with E-state index in [0.717, 1.165) is 22.9 Å². The predicted molar refractivity (Wildman–Crippen MR) is 87.9 cm³/mol. The summed E-state index contributed by atoms with van der Waals surface area (Å²) in [5, 5.41) is 3.06. The van der Waals surface area contributed by atoms with Crippen LogP contribution in [0.1, 0.15) is 22.2 Å². The summed E-state index contributed by atoms with van der Waals surface area (Å²) < 4.78 is 0. The van der Waals surface area contributed by atoms with E-state index in [9.17, 15) is 4.79 Å². The molecule has 0 spiro atoms. The van der Waals surface area contributed by atoms with E-state index in [-0.39, 0.29) is 11.9 Å². The largest absolute Gasteiger partial charge is 0.361 e. The summed E-state index contributed by atoms with van der Waals surface area (Å²) in [7, 11) is 1.88. The topological polar surface area (TPSA) is 36.1 Å². The molecule has 1 amide bonds. The molecule has 0 saturated heterocycles. The maximum absolute atomic E-state index is 12.7. The minimum Gasteiger partial charge on any atom is -0.361 e. The van der Waals surface area contributed by atoms with E-state index >= 15 is 0 Å². The molecule has 4 heteroatoms. The molecule has 0 aliphatic rings. The van der Waals surface area contributed by atoms with E-state index in [1.54, 1.807) is 11.3 Å². The standard InChI is InChI=1S/C17H18N2OS/c1-12(11-13-5-4-10-21-13)19(2)17(20)15-6-3-7-16-14(15)8-9-18-16/h3-10,12,18H,11H2,1-2H3. The van der Waals surface area contributed by atoms with Crippen molar-refractivity contribution in [1.82, 2.24) is 9.88 Å². The molecule has 2 aromatic heterocycles. The first-order valence-electron chi connectivity index (χ1n) is 7.02. The van der Waals surface area contributed by atoms with Gasteiger partial charge < -0.3 is 9.88 Å². The highest BCUT2D eigenvalue weighted by Gasteiger charge is 2.20. The van der Waals surface area contributed by atoms with Crippen LogP contribution in [0.5, 0.6) is 0 Å². The van der Waals surface area contributed by atoms with Crippen molar-refractivity contribution >= 4 is 28.1 Å². The van der Waals surface area contributed by atoms with Crippen LogP contribution in [0.25, 0.3) is 10.9 Å². The Kier molecular flexibility index (Phi) is 3.80. The van der Waals surface area contributed by atoms with Crippen molar-refractivity contribution in [2.24, 2.45) is 0 Å². The lowest BCUT2D eigenvalue weighted by Crippen LogP contribution is -2.36. The maximum Gasteiger partial charge on any atom is 0.254 e. The Morgan fingerprint density at radius 2 is 2.14 bits per heavy atom. The zero-order chi connectivity index (χ0) is 14.8. The number of nitrogens with one attached hydrogen (secondary N) is 1. The number of hydrogen-bond acceptors (Lipinski definition) is 2. The minimum atomic E-state index is 0.0734. The van der Waals surface area contributed by atoms with Gasteiger partial charge >= 0.3 is 0 Å². The van der Waals surface area contributed by atoms with E-state index in [4.69, 9.17) is 0 Å². The predicted octanol–water partition coefficient (Wildman–Crippen LogP) is 3.93. The minimum absolute atomic E-state index is 0.0734. The summed E-state index contributed by atoms with van der Waals surface area (Å²) in [6.45, 7) is 2.09. The molecule has 1 unspecified atom stereocenters. The summed E-state index contributed by atoms with van der Waals surface area (Å²) in [5.41, 5.74) is 1.76. The van der Waals surface area contributed by atoms with Gasteiger partial charge in [0.15, 0.2) is 0 Å². The van der Waals surface area contributed by atoms with Crippen LogP contribution in [0.4, 0.5) is 0 Å². The number of aromatic nitrogens is 1. The molecule has 0 bridgehead atoms. The fourth-order valence-corrected chi connectivity index (χ4v) is 3.35. The van der Waals surface area contributed by atoms with E-state index in [2.05, 4.69) is 29.4 Å². The molecule has 3 nitrogen and oxygen atoms in total. The van der Waals surface area contributed by atoms with Gasteiger partial charge in [0.1, 0.15) is 0 Å². The molecule has 108 valence electrons. The average molecular weight is 298 g/mol. The number of fused-ring (bicyclic) bond motifs is 1. The van der Waals surface area contributed by atoms with E-state index < -0.39 is 0 Å². The molecule has 1 aromatic carbocycles. The molecule has 0 fully saturated rings. The summed E-state index contributed by atoms with van der Waals surface area (Å²) in [4.78, 5) is 19.0. The Balaban J connectivity index is 1.82. The summed E-state index contributed by atoms with van der Waals surface area (Å²) in [5.74, 6) is 0.0734. The fourth-order valence-electron chi connectivity index (χ4n) is 2.52. The molecular formula is C17H18N2OS. The smallest absolute Gasteiger partial charge is 0.254 e. The van der Waals surface area contributed by atoms with Gasteiger partial charge in [-0.25, -0.2) is 0 Å². The first kappa shape index (κ1) is 13.9. The number of carbonyl (C=O) groups excluding carboxylic acids is 1. The SMILES string of the molecule is CC(Cc1cccs1)N(C)C(=O)c1cccc2[nH]ccc12. The van der Waals surface area contributed by atoms with Gasteiger partial charge in [-0.2, -0.15) is 0 Å². The number of H-pyrrole nitrogens is 1. The second-order valence-electron chi connectivity index (χ2n) is 5.29. The van der Waals surface area contributed by atoms with Gasteiger partial charge in [0.05, 0.1) is 0 Å². The Hall–Kier alpha value is -2.07. The van der Waals surface area contributed by atoms with Gasteiger partial charge in [-0.15, -0.1) is 11.3 Å². The van der Waals surface area contributed by atoms with Gasteiger partial charge in [0.25, 0.3) is 5.91 Å². The van der Waals surface area contributed by atoms with Crippen LogP contribution in [0, 0.1) is 0 Å².